The normalized spacial score (nSPS) is 19.1. The molecule has 1 aromatic rings. The highest BCUT2D eigenvalue weighted by Crippen LogP contribution is 2.44. The summed E-state index contributed by atoms with van der Waals surface area (Å²) >= 11 is 0. The summed E-state index contributed by atoms with van der Waals surface area (Å²) in [5, 5.41) is 9.60. The number of phenols is 1. The van der Waals surface area contributed by atoms with Gasteiger partial charge >= 0.3 is 0 Å². The number of hydrogen-bond acceptors (Lipinski definition) is 2. The van der Waals surface area contributed by atoms with Crippen LogP contribution in [-0.4, -0.2) is 5.11 Å². The largest absolute Gasteiger partial charge is 0.507 e. The van der Waals surface area contributed by atoms with Crippen molar-refractivity contribution in [2.24, 2.45) is 5.73 Å². The molecule has 0 amide bonds. The van der Waals surface area contributed by atoms with E-state index in [2.05, 4.69) is 0 Å². The maximum Gasteiger partial charge on any atom is 0.134 e. The number of hydrogen-bond donors (Lipinski definition) is 2. The minimum Gasteiger partial charge on any atom is -0.507 e. The molecule has 2 rings (SSSR count). The van der Waals surface area contributed by atoms with E-state index in [0.29, 0.717) is 11.1 Å². The molecule has 1 fully saturated rings. The molecule has 0 spiro atoms. The molecule has 0 aliphatic heterocycles. The van der Waals surface area contributed by atoms with Crippen molar-refractivity contribution in [3.63, 3.8) is 0 Å². The van der Waals surface area contributed by atoms with Gasteiger partial charge in [0.1, 0.15) is 11.6 Å². The van der Waals surface area contributed by atoms with Crippen LogP contribution in [0, 0.1) is 12.7 Å². The maximum absolute atomic E-state index is 13.7. The highest BCUT2D eigenvalue weighted by atomic mass is 19.1. The summed E-state index contributed by atoms with van der Waals surface area (Å²) in [6.45, 7) is 1.68. The predicted octanol–water partition coefficient (Wildman–Crippen LogP) is 2.18. The molecular formula is C11H14FNO. The molecule has 0 saturated heterocycles. The van der Waals surface area contributed by atoms with E-state index >= 15 is 0 Å². The Hall–Kier alpha value is -1.09. The first-order chi connectivity index (χ1) is 6.54. The van der Waals surface area contributed by atoms with Gasteiger partial charge in [0.15, 0.2) is 0 Å². The predicted molar refractivity (Wildman–Crippen MR) is 52.5 cm³/mol. The van der Waals surface area contributed by atoms with Crippen molar-refractivity contribution in [2.75, 3.05) is 0 Å². The third-order valence-electron chi connectivity index (χ3n) is 3.06. The molecule has 3 N–H and O–H groups in total. The molecule has 1 aliphatic rings. The van der Waals surface area contributed by atoms with Crippen LogP contribution in [-0.2, 0) is 5.54 Å². The number of rotatable bonds is 1. The number of nitrogens with two attached hydrogens (primary N) is 1. The van der Waals surface area contributed by atoms with Crippen LogP contribution in [0.1, 0.15) is 30.4 Å². The van der Waals surface area contributed by atoms with Crippen LogP contribution >= 0.6 is 0 Å². The second-order valence-corrected chi connectivity index (χ2v) is 4.10. The van der Waals surface area contributed by atoms with Gasteiger partial charge in [-0.15, -0.1) is 0 Å². The van der Waals surface area contributed by atoms with E-state index < -0.39 is 5.54 Å². The molecule has 0 aromatic heterocycles. The summed E-state index contributed by atoms with van der Waals surface area (Å²) in [4.78, 5) is 0. The maximum atomic E-state index is 13.7. The molecule has 1 saturated carbocycles. The van der Waals surface area contributed by atoms with Crippen LogP contribution in [0.15, 0.2) is 12.1 Å². The zero-order valence-electron chi connectivity index (χ0n) is 8.18. The van der Waals surface area contributed by atoms with Crippen molar-refractivity contribution in [3.05, 3.63) is 29.1 Å². The fourth-order valence-corrected chi connectivity index (χ4v) is 1.95. The number of halogens is 1. The molecule has 3 heteroatoms. The summed E-state index contributed by atoms with van der Waals surface area (Å²) in [5.74, 6) is -0.373. The van der Waals surface area contributed by atoms with Crippen LogP contribution in [0.4, 0.5) is 4.39 Å². The Labute approximate surface area is 82.5 Å². The van der Waals surface area contributed by atoms with Gasteiger partial charge in [-0.3, -0.25) is 0 Å². The zero-order chi connectivity index (χ0) is 10.3. The van der Waals surface area contributed by atoms with Crippen LogP contribution in [0.25, 0.3) is 0 Å². The fraction of sp³-hybridized carbons (Fsp3) is 0.455. The van der Waals surface area contributed by atoms with Gasteiger partial charge < -0.3 is 10.8 Å². The Morgan fingerprint density at radius 1 is 1.43 bits per heavy atom. The average Bonchev–Trinajstić information content (AvgIpc) is 2.09. The van der Waals surface area contributed by atoms with E-state index in [1.807, 2.05) is 0 Å². The molecule has 76 valence electrons. The first-order valence-corrected chi connectivity index (χ1v) is 4.82. The molecule has 0 bridgehead atoms. The molecule has 0 heterocycles. The van der Waals surface area contributed by atoms with Gasteiger partial charge in [-0.25, -0.2) is 4.39 Å². The molecular weight excluding hydrogens is 181 g/mol. The van der Waals surface area contributed by atoms with Crippen LogP contribution in [0.3, 0.4) is 0 Å². The minimum atomic E-state index is -0.639. The minimum absolute atomic E-state index is 0.0182. The van der Waals surface area contributed by atoms with Gasteiger partial charge in [-0.1, -0.05) is 6.07 Å². The van der Waals surface area contributed by atoms with Crippen molar-refractivity contribution in [1.29, 1.82) is 0 Å². The summed E-state index contributed by atoms with van der Waals surface area (Å²) < 4.78 is 13.7. The van der Waals surface area contributed by atoms with Crippen molar-refractivity contribution in [3.8, 4) is 5.75 Å². The standard InChI is InChI=1S/C11H14FNO/c1-7-3-4-8(14)9(10(7)12)11(13)5-2-6-11/h3-4,14H,2,5-6,13H2,1H3. The highest BCUT2D eigenvalue weighted by Gasteiger charge is 2.39. The van der Waals surface area contributed by atoms with Gasteiger partial charge in [-0.05, 0) is 37.8 Å². The third-order valence-corrected chi connectivity index (χ3v) is 3.06. The number of benzene rings is 1. The molecule has 1 aromatic carbocycles. The lowest BCUT2D eigenvalue weighted by atomic mass is 9.72. The van der Waals surface area contributed by atoms with Gasteiger partial charge in [0.05, 0.1) is 0 Å². The van der Waals surface area contributed by atoms with Gasteiger partial charge in [0.25, 0.3) is 0 Å². The first kappa shape index (κ1) is 9.46. The molecule has 1 aliphatic carbocycles. The summed E-state index contributed by atoms with van der Waals surface area (Å²) in [5.41, 5.74) is 6.19. The van der Waals surface area contributed by atoms with E-state index in [1.165, 1.54) is 6.07 Å². The summed E-state index contributed by atoms with van der Waals surface area (Å²) in [7, 11) is 0. The van der Waals surface area contributed by atoms with Crippen molar-refractivity contribution < 1.29 is 9.50 Å². The van der Waals surface area contributed by atoms with Crippen LogP contribution in [0.5, 0.6) is 5.75 Å². The van der Waals surface area contributed by atoms with E-state index in [4.69, 9.17) is 5.73 Å². The molecule has 0 radical (unpaired) electrons. The third kappa shape index (κ3) is 1.20. The van der Waals surface area contributed by atoms with Crippen molar-refractivity contribution in [1.82, 2.24) is 0 Å². The second kappa shape index (κ2) is 2.95. The van der Waals surface area contributed by atoms with E-state index in [0.717, 1.165) is 19.3 Å². The Balaban J connectivity index is 2.56. The molecule has 0 unspecified atom stereocenters. The number of aromatic hydroxyl groups is 1. The lowest BCUT2D eigenvalue weighted by Gasteiger charge is -2.39. The lowest BCUT2D eigenvalue weighted by Crippen LogP contribution is -2.44. The Bertz CT molecular complexity index is 372. The van der Waals surface area contributed by atoms with Gasteiger partial charge in [0.2, 0.25) is 0 Å². The summed E-state index contributed by atoms with van der Waals surface area (Å²) in [6.07, 6.45) is 2.51. The Kier molecular flexibility index (Phi) is 2.00. The van der Waals surface area contributed by atoms with Crippen molar-refractivity contribution >= 4 is 0 Å². The quantitative estimate of drug-likeness (QED) is 0.721. The van der Waals surface area contributed by atoms with E-state index in [1.54, 1.807) is 13.0 Å². The van der Waals surface area contributed by atoms with Crippen molar-refractivity contribution in [2.45, 2.75) is 31.7 Å². The van der Waals surface area contributed by atoms with Gasteiger partial charge in [-0.2, -0.15) is 0 Å². The second-order valence-electron chi connectivity index (χ2n) is 4.10. The molecule has 2 nitrogen and oxygen atoms in total. The monoisotopic (exact) mass is 195 g/mol. The molecule has 14 heavy (non-hydrogen) atoms. The number of aryl methyl sites for hydroxylation is 1. The lowest BCUT2D eigenvalue weighted by molar-refractivity contribution is 0.236. The first-order valence-electron chi connectivity index (χ1n) is 4.82. The average molecular weight is 195 g/mol. The van der Waals surface area contributed by atoms with E-state index in [-0.39, 0.29) is 11.6 Å². The SMILES string of the molecule is Cc1ccc(O)c(C2(N)CCC2)c1F. The van der Waals surface area contributed by atoms with Crippen LogP contribution < -0.4 is 5.73 Å². The van der Waals surface area contributed by atoms with Gasteiger partial charge in [0, 0.05) is 11.1 Å². The Morgan fingerprint density at radius 3 is 2.57 bits per heavy atom. The number of phenolic OH excluding ortho intramolecular Hbond substituents is 1. The fourth-order valence-electron chi connectivity index (χ4n) is 1.95. The smallest absolute Gasteiger partial charge is 0.134 e. The molecule has 0 atom stereocenters. The highest BCUT2D eigenvalue weighted by molar-refractivity contribution is 5.43. The summed E-state index contributed by atoms with van der Waals surface area (Å²) in [6, 6.07) is 3.08. The topological polar surface area (TPSA) is 46.2 Å². The zero-order valence-corrected chi connectivity index (χ0v) is 8.18. The van der Waals surface area contributed by atoms with E-state index in [9.17, 15) is 9.50 Å². The Morgan fingerprint density at radius 2 is 2.07 bits per heavy atom. The van der Waals surface area contributed by atoms with Crippen LogP contribution in [0.2, 0.25) is 0 Å².